The Bertz CT molecular complexity index is 417. The molecule has 0 fully saturated rings. The standard InChI is InChI=1S/C11H17N3O3S/c1-14(2)11(17)13-4-3-12-6-9-5-8(7-18-9)10(15)16/h5,7,12H,3-4,6H2,1-2H3,(H,13,17)(H,15,16). The molecule has 2 amide bonds. The lowest BCUT2D eigenvalue weighted by Gasteiger charge is -2.11. The largest absolute Gasteiger partial charge is 0.478 e. The summed E-state index contributed by atoms with van der Waals surface area (Å²) in [6.07, 6.45) is 0. The molecule has 1 aromatic heterocycles. The van der Waals surface area contributed by atoms with Gasteiger partial charge in [0.05, 0.1) is 5.56 Å². The van der Waals surface area contributed by atoms with Crippen LogP contribution in [0, 0.1) is 0 Å². The average Bonchev–Trinajstić information content (AvgIpc) is 2.77. The van der Waals surface area contributed by atoms with Gasteiger partial charge >= 0.3 is 12.0 Å². The van der Waals surface area contributed by atoms with Crippen LogP contribution in [0.4, 0.5) is 4.79 Å². The fourth-order valence-electron chi connectivity index (χ4n) is 1.21. The molecule has 1 heterocycles. The molecule has 0 spiro atoms. The molecular formula is C11H17N3O3S. The van der Waals surface area contributed by atoms with Gasteiger partial charge in [-0.15, -0.1) is 11.3 Å². The first kappa shape index (κ1) is 14.5. The van der Waals surface area contributed by atoms with E-state index in [1.54, 1.807) is 25.5 Å². The molecular weight excluding hydrogens is 254 g/mol. The number of urea groups is 1. The predicted octanol–water partition coefficient (Wildman–Crippen LogP) is 0.807. The Labute approximate surface area is 110 Å². The Balaban J connectivity index is 2.18. The van der Waals surface area contributed by atoms with Crippen LogP contribution in [0.3, 0.4) is 0 Å². The molecule has 1 aromatic rings. The van der Waals surface area contributed by atoms with Crippen LogP contribution in [0.5, 0.6) is 0 Å². The molecule has 0 saturated carbocycles. The highest BCUT2D eigenvalue weighted by molar-refractivity contribution is 7.10. The van der Waals surface area contributed by atoms with Crippen LogP contribution in [-0.2, 0) is 6.54 Å². The average molecular weight is 271 g/mol. The van der Waals surface area contributed by atoms with Crippen LogP contribution in [0.1, 0.15) is 15.2 Å². The number of amides is 2. The van der Waals surface area contributed by atoms with Crippen molar-refractivity contribution in [3.8, 4) is 0 Å². The molecule has 6 nitrogen and oxygen atoms in total. The maximum Gasteiger partial charge on any atom is 0.336 e. The van der Waals surface area contributed by atoms with Crippen molar-refractivity contribution < 1.29 is 14.7 Å². The third-order valence-electron chi connectivity index (χ3n) is 2.18. The summed E-state index contributed by atoms with van der Waals surface area (Å²) < 4.78 is 0. The molecule has 100 valence electrons. The van der Waals surface area contributed by atoms with Crippen LogP contribution >= 0.6 is 11.3 Å². The van der Waals surface area contributed by atoms with Gasteiger partial charge in [0.1, 0.15) is 0 Å². The van der Waals surface area contributed by atoms with Crippen LogP contribution in [0.25, 0.3) is 0 Å². The number of rotatable bonds is 6. The van der Waals surface area contributed by atoms with Crippen LogP contribution in [0.2, 0.25) is 0 Å². The quantitative estimate of drug-likeness (QED) is 0.669. The summed E-state index contributed by atoms with van der Waals surface area (Å²) in [5.74, 6) is -0.907. The first-order valence-corrected chi connectivity index (χ1v) is 6.35. The fraction of sp³-hybridized carbons (Fsp3) is 0.455. The molecule has 1 rings (SSSR count). The van der Waals surface area contributed by atoms with Crippen molar-refractivity contribution in [1.29, 1.82) is 0 Å². The summed E-state index contributed by atoms with van der Waals surface area (Å²) in [6.45, 7) is 1.78. The summed E-state index contributed by atoms with van der Waals surface area (Å²) in [5, 5.41) is 16.2. The van der Waals surface area contributed by atoms with Crippen LogP contribution < -0.4 is 10.6 Å². The SMILES string of the molecule is CN(C)C(=O)NCCNCc1cc(C(=O)O)cs1. The second-order valence-corrected chi connectivity index (χ2v) is 4.91. The van der Waals surface area contributed by atoms with E-state index in [0.717, 1.165) is 4.88 Å². The molecule has 0 aliphatic heterocycles. The van der Waals surface area contributed by atoms with Crippen molar-refractivity contribution in [3.05, 3.63) is 21.9 Å². The molecule has 0 aromatic carbocycles. The molecule has 0 aliphatic carbocycles. The number of carboxylic acid groups (broad SMARTS) is 1. The Morgan fingerprint density at radius 2 is 2.11 bits per heavy atom. The van der Waals surface area contributed by atoms with E-state index in [9.17, 15) is 9.59 Å². The predicted molar refractivity (Wildman–Crippen MR) is 70.1 cm³/mol. The van der Waals surface area contributed by atoms with Crippen molar-refractivity contribution in [3.63, 3.8) is 0 Å². The van der Waals surface area contributed by atoms with Gasteiger partial charge in [-0.1, -0.05) is 0 Å². The third kappa shape index (κ3) is 4.72. The maximum atomic E-state index is 11.2. The highest BCUT2D eigenvalue weighted by Gasteiger charge is 2.06. The van der Waals surface area contributed by atoms with Gasteiger partial charge in [0, 0.05) is 44.0 Å². The molecule has 0 unspecified atom stereocenters. The Morgan fingerprint density at radius 1 is 1.39 bits per heavy atom. The monoisotopic (exact) mass is 271 g/mol. The van der Waals surface area contributed by atoms with E-state index < -0.39 is 5.97 Å². The van der Waals surface area contributed by atoms with Gasteiger partial charge in [0.2, 0.25) is 0 Å². The summed E-state index contributed by atoms with van der Waals surface area (Å²) in [5.41, 5.74) is 0.317. The van der Waals surface area contributed by atoms with Crippen LogP contribution in [-0.4, -0.2) is 49.2 Å². The Hall–Kier alpha value is -1.60. The molecule has 18 heavy (non-hydrogen) atoms. The number of nitrogens with one attached hydrogen (secondary N) is 2. The second kappa shape index (κ2) is 6.97. The lowest BCUT2D eigenvalue weighted by molar-refractivity contribution is 0.0697. The number of carbonyl (C=O) groups excluding carboxylic acids is 1. The molecule has 0 atom stereocenters. The third-order valence-corrected chi connectivity index (χ3v) is 3.12. The van der Waals surface area contributed by atoms with E-state index in [1.165, 1.54) is 16.2 Å². The highest BCUT2D eigenvalue weighted by Crippen LogP contribution is 2.14. The summed E-state index contributed by atoms with van der Waals surface area (Å²) in [7, 11) is 3.36. The molecule has 3 N–H and O–H groups in total. The summed E-state index contributed by atoms with van der Waals surface area (Å²) in [6, 6.07) is 1.53. The minimum Gasteiger partial charge on any atom is -0.478 e. The van der Waals surface area contributed by atoms with E-state index in [4.69, 9.17) is 5.11 Å². The number of carbonyl (C=O) groups is 2. The Kier molecular flexibility index (Phi) is 5.60. The van der Waals surface area contributed by atoms with Gasteiger partial charge in [-0.05, 0) is 6.07 Å². The topological polar surface area (TPSA) is 81.7 Å². The summed E-state index contributed by atoms with van der Waals surface area (Å²) >= 11 is 1.41. The van der Waals surface area contributed by atoms with E-state index >= 15 is 0 Å². The van der Waals surface area contributed by atoms with Gasteiger partial charge in [0.15, 0.2) is 0 Å². The number of hydrogen-bond acceptors (Lipinski definition) is 4. The van der Waals surface area contributed by atoms with Crippen LogP contribution in [0.15, 0.2) is 11.4 Å². The van der Waals surface area contributed by atoms with E-state index in [-0.39, 0.29) is 6.03 Å². The van der Waals surface area contributed by atoms with E-state index in [0.29, 0.717) is 25.2 Å². The lowest BCUT2D eigenvalue weighted by atomic mass is 10.3. The number of aromatic carboxylic acids is 1. The first-order valence-electron chi connectivity index (χ1n) is 5.47. The lowest BCUT2D eigenvalue weighted by Crippen LogP contribution is -2.38. The number of nitrogens with zero attached hydrogens (tertiary/aromatic N) is 1. The fourth-order valence-corrected chi connectivity index (χ4v) is 2.04. The van der Waals surface area contributed by atoms with Gasteiger partial charge < -0.3 is 20.6 Å². The van der Waals surface area contributed by atoms with Crippen molar-refractivity contribution in [2.75, 3.05) is 27.2 Å². The molecule has 0 saturated heterocycles. The Morgan fingerprint density at radius 3 is 2.67 bits per heavy atom. The van der Waals surface area contributed by atoms with Gasteiger partial charge in [-0.3, -0.25) is 0 Å². The smallest absolute Gasteiger partial charge is 0.336 e. The van der Waals surface area contributed by atoms with Gasteiger partial charge in [-0.25, -0.2) is 9.59 Å². The molecule has 0 bridgehead atoms. The van der Waals surface area contributed by atoms with Gasteiger partial charge in [0.25, 0.3) is 0 Å². The number of carboxylic acids is 1. The highest BCUT2D eigenvalue weighted by atomic mass is 32.1. The van der Waals surface area contributed by atoms with Gasteiger partial charge in [-0.2, -0.15) is 0 Å². The molecule has 0 aliphatic rings. The van der Waals surface area contributed by atoms with E-state index in [2.05, 4.69) is 10.6 Å². The zero-order valence-corrected chi connectivity index (χ0v) is 11.2. The van der Waals surface area contributed by atoms with Crippen molar-refractivity contribution in [2.45, 2.75) is 6.54 Å². The van der Waals surface area contributed by atoms with Crippen molar-refractivity contribution >= 4 is 23.3 Å². The molecule has 0 radical (unpaired) electrons. The normalized spacial score (nSPS) is 10.1. The molecule has 7 heteroatoms. The number of hydrogen-bond donors (Lipinski definition) is 3. The first-order chi connectivity index (χ1) is 8.50. The summed E-state index contributed by atoms with van der Waals surface area (Å²) in [4.78, 5) is 24.3. The zero-order valence-electron chi connectivity index (χ0n) is 10.4. The second-order valence-electron chi connectivity index (χ2n) is 3.91. The van der Waals surface area contributed by atoms with Crippen molar-refractivity contribution in [1.82, 2.24) is 15.5 Å². The van der Waals surface area contributed by atoms with Crippen molar-refractivity contribution in [2.24, 2.45) is 0 Å². The number of thiophene rings is 1. The van der Waals surface area contributed by atoms with E-state index in [1.807, 2.05) is 0 Å². The maximum absolute atomic E-state index is 11.2. The minimum absolute atomic E-state index is 0.124. The minimum atomic E-state index is -0.907. The zero-order chi connectivity index (χ0) is 13.5.